The van der Waals surface area contributed by atoms with Crippen LogP contribution in [0.1, 0.15) is 5.56 Å². The van der Waals surface area contributed by atoms with E-state index in [0.29, 0.717) is 20.6 Å². The summed E-state index contributed by atoms with van der Waals surface area (Å²) in [6, 6.07) is 10.6. The molecule has 0 fully saturated rings. The Hall–Kier alpha value is -1.92. The van der Waals surface area contributed by atoms with Crippen molar-refractivity contribution in [2.24, 2.45) is 10.7 Å². The highest BCUT2D eigenvalue weighted by Crippen LogP contribution is 2.45. The molecule has 2 aromatic carbocycles. The number of hydrogen-bond acceptors (Lipinski definition) is 2. The van der Waals surface area contributed by atoms with Crippen LogP contribution in [0.5, 0.6) is 0 Å². The summed E-state index contributed by atoms with van der Waals surface area (Å²) in [6.07, 6.45) is -2.95. The summed E-state index contributed by atoms with van der Waals surface area (Å²) in [5.41, 5.74) is 5.57. The molecule has 0 spiro atoms. The summed E-state index contributed by atoms with van der Waals surface area (Å²) in [5, 5.41) is 2.47. The molecule has 1 aliphatic rings. The van der Waals surface area contributed by atoms with Crippen LogP contribution < -0.4 is 5.73 Å². The highest BCUT2D eigenvalue weighted by Gasteiger charge is 2.34. The molecule has 0 radical (unpaired) electrons. The largest absolute Gasteiger partial charge is 0.417 e. The van der Waals surface area contributed by atoms with E-state index in [1.807, 2.05) is 0 Å². The zero-order valence-corrected chi connectivity index (χ0v) is 13.3. The Bertz CT molecular complexity index is 815. The molecular weight excluding hydrogens is 345 g/mol. The van der Waals surface area contributed by atoms with Crippen LogP contribution in [0.25, 0.3) is 11.1 Å². The Balaban J connectivity index is 2.14. The molecule has 3 rings (SSSR count). The molecule has 0 saturated heterocycles. The lowest BCUT2D eigenvalue weighted by atomic mass is 9.99. The second kappa shape index (κ2) is 5.94. The molecule has 1 atom stereocenters. The minimum atomic E-state index is -4.47. The first-order valence-corrected chi connectivity index (χ1v) is 8.41. The minimum Gasteiger partial charge on any atom is -0.379 e. The number of nitrogens with two attached hydrogens (primary N) is 1. The molecule has 0 aromatic heterocycles. The third-order valence-corrected chi connectivity index (χ3v) is 5.50. The first-order chi connectivity index (χ1) is 10.9. The normalized spacial score (nSPS) is 19.0. The summed E-state index contributed by atoms with van der Waals surface area (Å²) in [5.74, 6) is 0. The van der Waals surface area contributed by atoms with E-state index in [0.717, 1.165) is 6.07 Å². The van der Waals surface area contributed by atoms with Gasteiger partial charge in [0.05, 0.1) is 5.56 Å². The molecule has 1 heterocycles. The molecule has 2 nitrogen and oxygen atoms in total. The van der Waals surface area contributed by atoms with E-state index < -0.39 is 22.6 Å². The average Bonchev–Trinajstić information content (AvgIpc) is 2.92. The van der Waals surface area contributed by atoms with Gasteiger partial charge in [-0.3, -0.25) is 0 Å². The van der Waals surface area contributed by atoms with E-state index in [4.69, 9.17) is 17.3 Å². The molecule has 120 valence electrons. The molecule has 0 aliphatic carbocycles. The highest BCUT2D eigenvalue weighted by atomic mass is 35.5. The summed E-state index contributed by atoms with van der Waals surface area (Å²) >= 11 is 5.90. The molecule has 2 aromatic rings. The molecule has 7 heteroatoms. The second-order valence-electron chi connectivity index (χ2n) is 4.89. The van der Waals surface area contributed by atoms with Crippen molar-refractivity contribution in [1.82, 2.24) is 0 Å². The summed E-state index contributed by atoms with van der Waals surface area (Å²) in [4.78, 5) is 4.44. The third kappa shape index (κ3) is 3.23. The third-order valence-electron chi connectivity index (χ3n) is 3.39. The molecule has 23 heavy (non-hydrogen) atoms. The smallest absolute Gasteiger partial charge is 0.379 e. The number of alkyl halides is 3. The minimum absolute atomic E-state index is 0.0948. The van der Waals surface area contributed by atoms with E-state index in [1.54, 1.807) is 29.7 Å². The van der Waals surface area contributed by atoms with Gasteiger partial charge in [0, 0.05) is 11.2 Å². The standard InChI is InChI=1S/C16H12ClF3N2S/c17-11-3-1-2-10(8-11)13-5-4-12(9-14(13)16(18,19)20)23-7-6-22-15(23)21/h1-9,23H,(H2,21,22). The molecule has 2 N–H and O–H groups in total. The average molecular weight is 357 g/mol. The summed E-state index contributed by atoms with van der Waals surface area (Å²) < 4.78 is 40.5. The van der Waals surface area contributed by atoms with Gasteiger partial charge in [-0.15, -0.1) is 10.9 Å². The van der Waals surface area contributed by atoms with E-state index in [1.165, 1.54) is 18.3 Å². The molecular formula is C16H12ClF3N2S. The SMILES string of the molecule is NC1=NC=C[SH]1c1ccc(-c2cccc(Cl)c2)c(C(F)(F)F)c1. The van der Waals surface area contributed by atoms with Crippen molar-refractivity contribution in [3.05, 3.63) is 64.7 Å². The Morgan fingerprint density at radius 3 is 2.48 bits per heavy atom. The van der Waals surface area contributed by atoms with Crippen LogP contribution in [-0.4, -0.2) is 5.17 Å². The van der Waals surface area contributed by atoms with Crippen LogP contribution in [0.3, 0.4) is 0 Å². The van der Waals surface area contributed by atoms with Crippen LogP contribution >= 0.6 is 22.5 Å². The van der Waals surface area contributed by atoms with Gasteiger partial charge in [0.1, 0.15) is 5.17 Å². The number of amidine groups is 1. The van der Waals surface area contributed by atoms with Gasteiger partial charge in [0.15, 0.2) is 0 Å². The lowest BCUT2D eigenvalue weighted by molar-refractivity contribution is -0.137. The number of halogens is 4. The Morgan fingerprint density at radius 1 is 1.09 bits per heavy atom. The van der Waals surface area contributed by atoms with E-state index >= 15 is 0 Å². The molecule has 1 aliphatic heterocycles. The van der Waals surface area contributed by atoms with Gasteiger partial charge >= 0.3 is 6.18 Å². The molecule has 0 saturated carbocycles. The van der Waals surface area contributed by atoms with Crippen molar-refractivity contribution in [1.29, 1.82) is 0 Å². The fraction of sp³-hybridized carbons (Fsp3) is 0.0625. The zero-order chi connectivity index (χ0) is 16.6. The number of thiol groups is 1. The van der Waals surface area contributed by atoms with E-state index in [2.05, 4.69) is 4.99 Å². The van der Waals surface area contributed by atoms with E-state index in [-0.39, 0.29) is 5.56 Å². The molecule has 1 unspecified atom stereocenters. The van der Waals surface area contributed by atoms with Gasteiger partial charge in [0.2, 0.25) is 0 Å². The maximum atomic E-state index is 13.5. The van der Waals surface area contributed by atoms with Gasteiger partial charge in [-0.1, -0.05) is 29.8 Å². The van der Waals surface area contributed by atoms with Crippen LogP contribution in [0.4, 0.5) is 13.2 Å². The quantitative estimate of drug-likeness (QED) is 0.714. The van der Waals surface area contributed by atoms with Gasteiger partial charge < -0.3 is 5.73 Å². The van der Waals surface area contributed by atoms with Crippen LogP contribution in [0.15, 0.2) is 64.0 Å². The molecule has 0 bridgehead atoms. The Morgan fingerprint density at radius 2 is 1.87 bits per heavy atom. The highest BCUT2D eigenvalue weighted by molar-refractivity contribution is 8.32. The van der Waals surface area contributed by atoms with Crippen molar-refractivity contribution in [3.63, 3.8) is 0 Å². The van der Waals surface area contributed by atoms with Crippen molar-refractivity contribution < 1.29 is 13.2 Å². The van der Waals surface area contributed by atoms with Crippen molar-refractivity contribution in [2.45, 2.75) is 11.1 Å². The van der Waals surface area contributed by atoms with Gasteiger partial charge in [0.25, 0.3) is 0 Å². The lowest BCUT2D eigenvalue weighted by Crippen LogP contribution is -2.11. The molecule has 0 amide bonds. The topological polar surface area (TPSA) is 38.4 Å². The Kier molecular flexibility index (Phi) is 4.12. The van der Waals surface area contributed by atoms with Gasteiger partial charge in [-0.25, -0.2) is 4.99 Å². The number of rotatable bonds is 2. The first-order valence-electron chi connectivity index (χ1n) is 6.62. The zero-order valence-electron chi connectivity index (χ0n) is 11.7. The van der Waals surface area contributed by atoms with Crippen molar-refractivity contribution >= 4 is 27.7 Å². The predicted octanol–water partition coefficient (Wildman–Crippen LogP) is 5.19. The Labute approximate surface area is 138 Å². The fourth-order valence-electron chi connectivity index (χ4n) is 2.36. The van der Waals surface area contributed by atoms with Crippen LogP contribution in [0.2, 0.25) is 5.02 Å². The maximum Gasteiger partial charge on any atom is 0.417 e. The number of aliphatic imine (C=N–C) groups is 1. The van der Waals surface area contributed by atoms with Crippen molar-refractivity contribution in [3.8, 4) is 11.1 Å². The number of hydrogen-bond donors (Lipinski definition) is 2. The summed E-state index contributed by atoms with van der Waals surface area (Å²) in [7, 11) is -1.13. The summed E-state index contributed by atoms with van der Waals surface area (Å²) in [6.45, 7) is 0. The lowest BCUT2D eigenvalue weighted by Gasteiger charge is -2.19. The van der Waals surface area contributed by atoms with Crippen molar-refractivity contribution in [2.75, 3.05) is 0 Å². The first kappa shape index (κ1) is 16.0. The second-order valence-corrected chi connectivity index (χ2v) is 7.34. The van der Waals surface area contributed by atoms with Gasteiger partial charge in [-0.2, -0.15) is 13.2 Å². The van der Waals surface area contributed by atoms with E-state index in [9.17, 15) is 13.2 Å². The van der Waals surface area contributed by atoms with Crippen LogP contribution in [0, 0.1) is 0 Å². The number of nitrogens with zero attached hydrogens (tertiary/aromatic N) is 1. The van der Waals surface area contributed by atoms with Gasteiger partial charge in [-0.05, 0) is 45.7 Å². The number of benzene rings is 2. The van der Waals surface area contributed by atoms with Crippen LogP contribution in [-0.2, 0) is 6.18 Å². The maximum absolute atomic E-state index is 13.5. The monoisotopic (exact) mass is 356 g/mol. The fourth-order valence-corrected chi connectivity index (χ4v) is 4.03. The predicted molar refractivity (Wildman–Crippen MR) is 89.9 cm³/mol.